The largest absolute Gasteiger partial charge is 0.452 e. The molecule has 5 atom stereocenters. The Morgan fingerprint density at radius 1 is 0.667 bits per heavy atom. The van der Waals surface area contributed by atoms with Crippen molar-refractivity contribution >= 4 is 58.6 Å². The number of hydrogen-bond donors (Lipinski definition) is 2. The standard InChI is InChI=1S/C29H24Cl3NO9/c30-29(31,32)28(33)42-27-23(41-26(37)19-14-8-3-9-15-19)22(40-25(36)18-12-6-2-7-13-18)21(20(16-34)38-27)39-24(35)17-10-4-1-5-11-17/h1-15,20-23,27,33-34H,16H2/t20-,21-,22+,23+,27-/m1/s1. The fraction of sp³-hybridized carbons (Fsp3) is 0.241. The van der Waals surface area contributed by atoms with Crippen LogP contribution in [0.2, 0.25) is 0 Å². The zero-order chi connectivity index (χ0) is 30.3. The summed E-state index contributed by atoms with van der Waals surface area (Å²) in [6.45, 7) is -0.771. The molecular weight excluding hydrogens is 613 g/mol. The number of aliphatic hydroxyl groups excluding tert-OH is 1. The van der Waals surface area contributed by atoms with Crippen molar-refractivity contribution in [2.75, 3.05) is 6.61 Å². The van der Waals surface area contributed by atoms with Gasteiger partial charge in [-0.3, -0.25) is 5.41 Å². The van der Waals surface area contributed by atoms with E-state index in [1.54, 1.807) is 54.6 Å². The zero-order valence-electron chi connectivity index (χ0n) is 21.6. The monoisotopic (exact) mass is 635 g/mol. The average molecular weight is 637 g/mol. The Bertz CT molecular complexity index is 1390. The van der Waals surface area contributed by atoms with Crippen molar-refractivity contribution in [3.63, 3.8) is 0 Å². The number of benzene rings is 3. The van der Waals surface area contributed by atoms with Gasteiger partial charge >= 0.3 is 17.9 Å². The molecule has 1 aliphatic heterocycles. The molecule has 0 radical (unpaired) electrons. The normalized spacial score (nSPS) is 22.0. The summed E-state index contributed by atoms with van der Waals surface area (Å²) in [5, 5.41) is 18.3. The van der Waals surface area contributed by atoms with E-state index in [0.717, 1.165) is 0 Å². The van der Waals surface area contributed by atoms with Gasteiger partial charge in [-0.2, -0.15) is 0 Å². The van der Waals surface area contributed by atoms with Crippen molar-refractivity contribution in [1.29, 1.82) is 5.41 Å². The molecule has 0 spiro atoms. The minimum absolute atomic E-state index is 0.114. The molecule has 3 aromatic carbocycles. The molecule has 0 amide bonds. The highest BCUT2D eigenvalue weighted by Crippen LogP contribution is 2.34. The average Bonchev–Trinajstić information content (AvgIpc) is 3.00. The highest BCUT2D eigenvalue weighted by molar-refractivity contribution is 6.76. The fourth-order valence-electron chi connectivity index (χ4n) is 4.00. The van der Waals surface area contributed by atoms with Crippen LogP contribution in [0.15, 0.2) is 91.0 Å². The second-order valence-corrected chi connectivity index (χ2v) is 11.2. The minimum Gasteiger partial charge on any atom is -0.452 e. The fourth-order valence-corrected chi connectivity index (χ4v) is 4.14. The third-order valence-electron chi connectivity index (χ3n) is 6.02. The Labute approximate surface area is 255 Å². The topological polar surface area (TPSA) is 141 Å². The molecule has 1 saturated heterocycles. The molecule has 10 nitrogen and oxygen atoms in total. The van der Waals surface area contributed by atoms with Crippen LogP contribution < -0.4 is 0 Å². The summed E-state index contributed by atoms with van der Waals surface area (Å²) >= 11 is 17.4. The van der Waals surface area contributed by atoms with Gasteiger partial charge in [-0.1, -0.05) is 89.4 Å². The summed E-state index contributed by atoms with van der Waals surface area (Å²) in [7, 11) is 0. The van der Waals surface area contributed by atoms with Crippen molar-refractivity contribution in [3.8, 4) is 0 Å². The molecule has 0 aromatic heterocycles. The van der Waals surface area contributed by atoms with E-state index in [9.17, 15) is 19.5 Å². The maximum absolute atomic E-state index is 13.2. The maximum atomic E-state index is 13.2. The first kappa shape index (κ1) is 31.3. The Balaban J connectivity index is 1.76. The van der Waals surface area contributed by atoms with Gasteiger partial charge < -0.3 is 28.8 Å². The smallest absolute Gasteiger partial charge is 0.338 e. The summed E-state index contributed by atoms with van der Waals surface area (Å²) in [5.74, 6) is -3.53. The van der Waals surface area contributed by atoms with Crippen LogP contribution >= 0.6 is 34.8 Å². The predicted molar refractivity (Wildman–Crippen MR) is 152 cm³/mol. The van der Waals surface area contributed by atoms with Crippen LogP contribution in [-0.2, 0) is 23.7 Å². The highest BCUT2D eigenvalue weighted by Gasteiger charge is 2.54. The second kappa shape index (κ2) is 14.0. The molecule has 220 valence electrons. The van der Waals surface area contributed by atoms with Crippen molar-refractivity contribution < 1.29 is 43.2 Å². The first-order valence-corrected chi connectivity index (χ1v) is 13.6. The molecule has 2 N–H and O–H groups in total. The van der Waals surface area contributed by atoms with E-state index in [4.69, 9.17) is 63.9 Å². The van der Waals surface area contributed by atoms with Crippen molar-refractivity contribution in [2.45, 2.75) is 34.5 Å². The SMILES string of the molecule is N=C(O[C@H]1O[C@H](CO)[C@@H](OC(=O)c2ccccc2)[C@H](OC(=O)c2ccccc2)[C@@H]1OC(=O)c1ccccc1)C(Cl)(Cl)Cl. The van der Waals surface area contributed by atoms with Gasteiger partial charge in [0.25, 0.3) is 3.79 Å². The highest BCUT2D eigenvalue weighted by atomic mass is 35.6. The van der Waals surface area contributed by atoms with Crippen molar-refractivity contribution in [3.05, 3.63) is 108 Å². The number of carbonyl (C=O) groups excluding carboxylic acids is 3. The first-order chi connectivity index (χ1) is 20.1. The Kier molecular flexibility index (Phi) is 10.4. The van der Waals surface area contributed by atoms with Crippen molar-refractivity contribution in [1.82, 2.24) is 0 Å². The molecule has 1 fully saturated rings. The van der Waals surface area contributed by atoms with Gasteiger partial charge in [0.05, 0.1) is 23.3 Å². The zero-order valence-corrected chi connectivity index (χ0v) is 23.9. The van der Waals surface area contributed by atoms with Crippen LogP contribution in [0.5, 0.6) is 0 Å². The van der Waals surface area contributed by atoms with Gasteiger partial charge in [0, 0.05) is 0 Å². The third kappa shape index (κ3) is 7.78. The number of rotatable bonds is 8. The molecule has 1 aliphatic rings. The van der Waals surface area contributed by atoms with Crippen molar-refractivity contribution in [2.24, 2.45) is 0 Å². The molecule has 1 heterocycles. The number of hydrogen-bond acceptors (Lipinski definition) is 10. The molecule has 0 aliphatic carbocycles. The van der Waals surface area contributed by atoms with E-state index >= 15 is 0 Å². The van der Waals surface area contributed by atoms with E-state index in [1.807, 2.05) is 0 Å². The van der Waals surface area contributed by atoms with Gasteiger partial charge in [0.1, 0.15) is 6.10 Å². The van der Waals surface area contributed by atoms with Crippen LogP contribution in [0.4, 0.5) is 0 Å². The molecule has 0 unspecified atom stereocenters. The van der Waals surface area contributed by atoms with E-state index < -0.39 is 64.9 Å². The van der Waals surface area contributed by atoms with Gasteiger partial charge in [-0.15, -0.1) is 0 Å². The van der Waals surface area contributed by atoms with Crippen LogP contribution in [0, 0.1) is 5.41 Å². The number of nitrogens with one attached hydrogen (secondary N) is 1. The summed E-state index contributed by atoms with van der Waals surface area (Å²) in [5.41, 5.74) is 0.386. The molecule has 42 heavy (non-hydrogen) atoms. The summed E-state index contributed by atoms with van der Waals surface area (Å²) in [6, 6.07) is 23.6. The lowest BCUT2D eigenvalue weighted by atomic mass is 9.97. The summed E-state index contributed by atoms with van der Waals surface area (Å²) in [6.07, 6.45) is -7.98. The Morgan fingerprint density at radius 2 is 1.05 bits per heavy atom. The summed E-state index contributed by atoms with van der Waals surface area (Å²) in [4.78, 5) is 39.5. The molecule has 4 rings (SSSR count). The molecule has 0 bridgehead atoms. The van der Waals surface area contributed by atoms with Gasteiger partial charge in [0.15, 0.2) is 12.2 Å². The summed E-state index contributed by atoms with van der Waals surface area (Å²) < 4.78 is 26.0. The number of halogens is 3. The maximum Gasteiger partial charge on any atom is 0.338 e. The molecular formula is C29H24Cl3NO9. The predicted octanol–water partition coefficient (Wildman–Crippen LogP) is 4.74. The van der Waals surface area contributed by atoms with Gasteiger partial charge in [0.2, 0.25) is 18.3 Å². The number of ether oxygens (including phenoxy) is 5. The van der Waals surface area contributed by atoms with E-state index in [0.29, 0.717) is 0 Å². The lowest BCUT2D eigenvalue weighted by molar-refractivity contribution is -0.279. The van der Waals surface area contributed by atoms with Gasteiger partial charge in [-0.25, -0.2) is 14.4 Å². The number of aliphatic hydroxyl groups is 1. The Hall–Kier alpha value is -3.67. The molecule has 3 aromatic rings. The van der Waals surface area contributed by atoms with Crippen LogP contribution in [0.3, 0.4) is 0 Å². The third-order valence-corrected chi connectivity index (χ3v) is 6.54. The number of alkyl halides is 3. The molecule has 13 heteroatoms. The van der Waals surface area contributed by atoms with Crippen LogP contribution in [0.25, 0.3) is 0 Å². The van der Waals surface area contributed by atoms with Crippen LogP contribution in [0.1, 0.15) is 31.1 Å². The minimum atomic E-state index is -2.35. The lowest BCUT2D eigenvalue weighted by Gasteiger charge is -2.44. The second-order valence-electron chi connectivity index (χ2n) is 8.88. The van der Waals surface area contributed by atoms with E-state index in [2.05, 4.69) is 0 Å². The van der Waals surface area contributed by atoms with Gasteiger partial charge in [-0.05, 0) is 36.4 Å². The first-order valence-electron chi connectivity index (χ1n) is 12.4. The van der Waals surface area contributed by atoms with E-state index in [1.165, 1.54) is 36.4 Å². The van der Waals surface area contributed by atoms with Crippen LogP contribution in [-0.4, -0.2) is 70.0 Å². The lowest BCUT2D eigenvalue weighted by Crippen LogP contribution is -2.63. The Morgan fingerprint density at radius 3 is 1.43 bits per heavy atom. The quantitative estimate of drug-likeness (QED) is 0.118. The number of carbonyl (C=O) groups is 3. The van der Waals surface area contributed by atoms with E-state index in [-0.39, 0.29) is 16.7 Å². The number of esters is 3. The molecule has 0 saturated carbocycles.